The van der Waals surface area contributed by atoms with Crippen molar-refractivity contribution in [1.82, 2.24) is 0 Å². The number of ether oxygens (including phenoxy) is 1. The van der Waals surface area contributed by atoms with Crippen LogP contribution in [0.2, 0.25) is 0 Å². The molecule has 2 aromatic carbocycles. The minimum absolute atomic E-state index is 0.00678. The quantitative estimate of drug-likeness (QED) is 0.482. The van der Waals surface area contributed by atoms with Gasteiger partial charge in [-0.15, -0.1) is 0 Å². The van der Waals surface area contributed by atoms with Crippen molar-refractivity contribution in [2.75, 3.05) is 6.61 Å². The molecule has 0 unspecified atom stereocenters. The third kappa shape index (κ3) is 3.59. The van der Waals surface area contributed by atoms with Gasteiger partial charge in [-0.25, -0.2) is 8.78 Å². The molecule has 0 N–H and O–H groups in total. The van der Waals surface area contributed by atoms with Crippen molar-refractivity contribution >= 4 is 11.5 Å². The maximum absolute atomic E-state index is 13.0. The fourth-order valence-corrected chi connectivity index (χ4v) is 1.59. The van der Waals surface area contributed by atoms with Gasteiger partial charge < -0.3 is 4.74 Å². The summed E-state index contributed by atoms with van der Waals surface area (Å²) in [6, 6.07) is 8.04. The second-order valence-electron chi connectivity index (χ2n) is 4.10. The van der Waals surface area contributed by atoms with E-state index in [-0.39, 0.29) is 17.0 Å². The molecule has 0 aliphatic rings. The number of nitrogens with zero attached hydrogens (tertiary/aromatic N) is 1. The first-order chi connectivity index (χ1) is 9.97. The van der Waals surface area contributed by atoms with Gasteiger partial charge in [-0.3, -0.25) is 14.9 Å². The fraction of sp³-hybridized carbons (Fsp3) is 0.0714. The minimum atomic E-state index is -1.09. The molecule has 108 valence electrons. The summed E-state index contributed by atoms with van der Waals surface area (Å²) in [6.45, 7) is -0.438. The lowest BCUT2D eigenvalue weighted by molar-refractivity contribution is -0.384. The van der Waals surface area contributed by atoms with Crippen LogP contribution in [0.1, 0.15) is 10.4 Å². The Hall–Kier alpha value is -2.83. The predicted molar refractivity (Wildman–Crippen MR) is 69.3 cm³/mol. The van der Waals surface area contributed by atoms with Gasteiger partial charge in [0.1, 0.15) is 5.75 Å². The van der Waals surface area contributed by atoms with Crippen LogP contribution in [-0.4, -0.2) is 17.3 Å². The highest BCUT2D eigenvalue weighted by Crippen LogP contribution is 2.17. The Labute approximate surface area is 117 Å². The van der Waals surface area contributed by atoms with Crippen molar-refractivity contribution in [3.8, 4) is 5.75 Å². The monoisotopic (exact) mass is 293 g/mol. The van der Waals surface area contributed by atoms with Gasteiger partial charge in [-0.2, -0.15) is 0 Å². The normalized spacial score (nSPS) is 10.2. The van der Waals surface area contributed by atoms with Crippen LogP contribution >= 0.6 is 0 Å². The largest absolute Gasteiger partial charge is 0.485 e. The molecule has 0 aliphatic carbocycles. The van der Waals surface area contributed by atoms with E-state index in [1.807, 2.05) is 0 Å². The van der Waals surface area contributed by atoms with Crippen LogP contribution in [0.25, 0.3) is 0 Å². The van der Waals surface area contributed by atoms with Crippen LogP contribution in [-0.2, 0) is 0 Å². The Morgan fingerprint density at radius 2 is 1.90 bits per heavy atom. The molecule has 2 aromatic rings. The van der Waals surface area contributed by atoms with E-state index in [0.717, 1.165) is 18.2 Å². The molecule has 0 saturated carbocycles. The summed E-state index contributed by atoms with van der Waals surface area (Å²) in [6.07, 6.45) is 0. The molecule has 2 rings (SSSR count). The van der Waals surface area contributed by atoms with Gasteiger partial charge in [-0.1, -0.05) is 12.1 Å². The Bertz CT molecular complexity index is 703. The Morgan fingerprint density at radius 3 is 2.57 bits per heavy atom. The smallest absolute Gasteiger partial charge is 0.270 e. The van der Waals surface area contributed by atoms with Crippen molar-refractivity contribution in [1.29, 1.82) is 0 Å². The fourth-order valence-electron chi connectivity index (χ4n) is 1.59. The number of hydrogen-bond donors (Lipinski definition) is 0. The molecule has 0 saturated heterocycles. The Morgan fingerprint density at radius 1 is 1.14 bits per heavy atom. The molecule has 0 atom stereocenters. The third-order valence-electron chi connectivity index (χ3n) is 2.64. The molecule has 5 nitrogen and oxygen atoms in total. The number of halogens is 2. The zero-order chi connectivity index (χ0) is 15.4. The van der Waals surface area contributed by atoms with E-state index < -0.39 is 28.9 Å². The molecular formula is C14H9F2NO4. The molecule has 7 heteroatoms. The first-order valence-corrected chi connectivity index (χ1v) is 5.83. The molecule has 0 radical (unpaired) electrons. The van der Waals surface area contributed by atoms with Crippen molar-refractivity contribution in [2.45, 2.75) is 0 Å². The molecule has 0 heterocycles. The summed E-state index contributed by atoms with van der Waals surface area (Å²) in [7, 11) is 0. The van der Waals surface area contributed by atoms with Gasteiger partial charge in [-0.05, 0) is 12.1 Å². The zero-order valence-corrected chi connectivity index (χ0v) is 10.6. The second kappa shape index (κ2) is 6.08. The van der Waals surface area contributed by atoms with Crippen LogP contribution in [0.4, 0.5) is 14.5 Å². The molecule has 21 heavy (non-hydrogen) atoms. The van der Waals surface area contributed by atoms with Gasteiger partial charge in [0.05, 0.1) is 4.92 Å². The first-order valence-electron chi connectivity index (χ1n) is 5.83. The summed E-state index contributed by atoms with van der Waals surface area (Å²) in [4.78, 5) is 21.8. The summed E-state index contributed by atoms with van der Waals surface area (Å²) >= 11 is 0. The molecule has 0 aliphatic heterocycles. The highest BCUT2D eigenvalue weighted by molar-refractivity contribution is 5.97. The number of carbonyl (C=O) groups is 1. The zero-order valence-electron chi connectivity index (χ0n) is 10.6. The van der Waals surface area contributed by atoms with Crippen LogP contribution in [0.3, 0.4) is 0 Å². The summed E-state index contributed by atoms with van der Waals surface area (Å²) in [5, 5.41) is 10.6. The maximum atomic E-state index is 13.0. The first kappa shape index (κ1) is 14.6. The van der Waals surface area contributed by atoms with E-state index in [4.69, 9.17) is 4.74 Å². The van der Waals surface area contributed by atoms with E-state index in [2.05, 4.69) is 0 Å². The van der Waals surface area contributed by atoms with Gasteiger partial charge in [0.25, 0.3) is 5.69 Å². The lowest BCUT2D eigenvalue weighted by Crippen LogP contribution is -2.12. The van der Waals surface area contributed by atoms with Gasteiger partial charge in [0.2, 0.25) is 0 Å². The maximum Gasteiger partial charge on any atom is 0.270 e. The molecule has 0 spiro atoms. The van der Waals surface area contributed by atoms with Crippen LogP contribution in [0, 0.1) is 21.7 Å². The molecule has 0 amide bonds. The van der Waals surface area contributed by atoms with Crippen molar-refractivity contribution < 1.29 is 23.2 Å². The molecule has 0 aromatic heterocycles. The number of nitro groups is 1. The highest BCUT2D eigenvalue weighted by atomic mass is 19.2. The second-order valence-corrected chi connectivity index (χ2v) is 4.10. The average Bonchev–Trinajstić information content (AvgIpc) is 2.48. The highest BCUT2D eigenvalue weighted by Gasteiger charge is 2.12. The number of non-ortho nitro benzene ring substituents is 1. The van der Waals surface area contributed by atoms with Crippen LogP contribution in [0.5, 0.6) is 5.75 Å². The lowest BCUT2D eigenvalue weighted by Gasteiger charge is -2.06. The van der Waals surface area contributed by atoms with E-state index in [1.54, 1.807) is 0 Å². The molecular weight excluding hydrogens is 284 g/mol. The third-order valence-corrected chi connectivity index (χ3v) is 2.64. The topological polar surface area (TPSA) is 69.4 Å². The average molecular weight is 293 g/mol. The van der Waals surface area contributed by atoms with Crippen molar-refractivity contribution in [3.05, 3.63) is 69.8 Å². The van der Waals surface area contributed by atoms with Crippen molar-refractivity contribution in [3.63, 3.8) is 0 Å². The number of carbonyl (C=O) groups excluding carboxylic acids is 1. The summed E-state index contributed by atoms with van der Waals surface area (Å²) in [5.74, 6) is -2.63. The van der Waals surface area contributed by atoms with Gasteiger partial charge in [0, 0.05) is 23.8 Å². The number of benzene rings is 2. The Kier molecular flexibility index (Phi) is 4.22. The standard InChI is InChI=1S/C14H9F2NO4/c15-12-5-4-11(7-13(12)16)21-8-14(18)9-2-1-3-10(6-9)17(19)20/h1-7H,8H2. The number of ketones is 1. The van der Waals surface area contributed by atoms with E-state index in [9.17, 15) is 23.7 Å². The number of nitro benzene ring substituents is 1. The van der Waals surface area contributed by atoms with Crippen LogP contribution < -0.4 is 4.74 Å². The van der Waals surface area contributed by atoms with E-state index >= 15 is 0 Å². The minimum Gasteiger partial charge on any atom is -0.485 e. The van der Waals surface area contributed by atoms with Crippen LogP contribution in [0.15, 0.2) is 42.5 Å². The summed E-state index contributed by atoms with van der Waals surface area (Å²) in [5.41, 5.74) is -0.111. The molecule has 0 fully saturated rings. The molecule has 0 bridgehead atoms. The van der Waals surface area contributed by atoms with Gasteiger partial charge in [0.15, 0.2) is 24.0 Å². The number of Topliss-reactive ketones (excluding diaryl/α,β-unsaturated/α-hetero) is 1. The number of rotatable bonds is 5. The predicted octanol–water partition coefficient (Wildman–Crippen LogP) is 3.13. The van der Waals surface area contributed by atoms with E-state index in [1.165, 1.54) is 24.3 Å². The summed E-state index contributed by atoms with van der Waals surface area (Å²) < 4.78 is 30.7. The van der Waals surface area contributed by atoms with Gasteiger partial charge >= 0.3 is 0 Å². The van der Waals surface area contributed by atoms with Crippen molar-refractivity contribution in [2.24, 2.45) is 0 Å². The van der Waals surface area contributed by atoms with E-state index in [0.29, 0.717) is 0 Å². The SMILES string of the molecule is O=C(COc1ccc(F)c(F)c1)c1cccc([N+](=O)[O-])c1. The number of hydrogen-bond acceptors (Lipinski definition) is 4. The Balaban J connectivity index is 2.06. The lowest BCUT2D eigenvalue weighted by atomic mass is 10.1.